The Labute approximate surface area is 161 Å². The lowest BCUT2D eigenvalue weighted by molar-refractivity contribution is -0.119. The first-order chi connectivity index (χ1) is 13.0. The maximum atomic E-state index is 12.1. The molecule has 2 heterocycles. The number of benzene rings is 1. The molecule has 2 N–H and O–H groups in total. The van der Waals surface area contributed by atoms with Gasteiger partial charge in [0.25, 0.3) is 0 Å². The van der Waals surface area contributed by atoms with Crippen molar-refractivity contribution in [2.75, 3.05) is 24.2 Å². The first-order valence-corrected chi connectivity index (χ1v) is 9.57. The van der Waals surface area contributed by atoms with Crippen molar-refractivity contribution < 1.29 is 23.6 Å². The van der Waals surface area contributed by atoms with Crippen LogP contribution in [0, 0.1) is 6.92 Å². The van der Waals surface area contributed by atoms with Gasteiger partial charge in [-0.25, -0.2) is 0 Å². The smallest absolute Gasteiger partial charge is 0.238 e. The molecule has 2 amide bonds. The van der Waals surface area contributed by atoms with E-state index in [1.165, 1.54) is 11.8 Å². The molecule has 0 radical (unpaired) electrons. The molecule has 3 rings (SSSR count). The second-order valence-corrected chi connectivity index (χ2v) is 7.40. The number of anilines is 1. The number of hydrogen-bond acceptors (Lipinski definition) is 7. The zero-order valence-electron chi connectivity index (χ0n) is 15.1. The van der Waals surface area contributed by atoms with Gasteiger partial charge in [0.05, 0.1) is 17.5 Å². The second kappa shape index (κ2) is 8.81. The Bertz CT molecular complexity index is 810. The summed E-state index contributed by atoms with van der Waals surface area (Å²) in [5.41, 5.74) is 0. The molecule has 0 unspecified atom stereocenters. The van der Waals surface area contributed by atoms with E-state index in [0.717, 1.165) is 0 Å². The van der Waals surface area contributed by atoms with E-state index < -0.39 is 5.25 Å². The highest BCUT2D eigenvalue weighted by Crippen LogP contribution is 2.30. The fourth-order valence-electron chi connectivity index (χ4n) is 2.37. The largest absolute Gasteiger partial charge is 0.486 e. The molecule has 8 nitrogen and oxygen atoms in total. The lowest BCUT2D eigenvalue weighted by atomic mass is 10.2. The molecule has 1 aliphatic rings. The van der Waals surface area contributed by atoms with Crippen LogP contribution in [0.4, 0.5) is 5.82 Å². The van der Waals surface area contributed by atoms with Gasteiger partial charge in [-0.05, 0) is 26.0 Å². The third kappa shape index (κ3) is 5.40. The fraction of sp³-hybridized carbons (Fsp3) is 0.389. The monoisotopic (exact) mass is 391 g/mol. The summed E-state index contributed by atoms with van der Waals surface area (Å²) in [7, 11) is 0. The highest BCUT2D eigenvalue weighted by atomic mass is 32.2. The van der Waals surface area contributed by atoms with Crippen LogP contribution in [0.2, 0.25) is 0 Å². The molecular formula is C18H21N3O5S. The average Bonchev–Trinajstić information content (AvgIpc) is 3.08. The molecule has 1 aromatic carbocycles. The maximum absolute atomic E-state index is 12.1. The Kier molecular flexibility index (Phi) is 6.23. The summed E-state index contributed by atoms with van der Waals surface area (Å²) in [5.74, 6) is 2.12. The van der Waals surface area contributed by atoms with Crippen LogP contribution in [0.5, 0.6) is 11.5 Å². The van der Waals surface area contributed by atoms with Crippen LogP contribution >= 0.6 is 11.8 Å². The van der Waals surface area contributed by atoms with Crippen molar-refractivity contribution in [1.29, 1.82) is 0 Å². The van der Waals surface area contributed by atoms with E-state index in [2.05, 4.69) is 15.8 Å². The summed E-state index contributed by atoms with van der Waals surface area (Å²) in [5, 5.41) is 8.75. The van der Waals surface area contributed by atoms with E-state index in [-0.39, 0.29) is 23.7 Å². The fourth-order valence-corrected chi connectivity index (χ4v) is 3.09. The Morgan fingerprint density at radius 1 is 1.33 bits per heavy atom. The predicted octanol–water partition coefficient (Wildman–Crippen LogP) is 2.00. The Morgan fingerprint density at radius 2 is 2.11 bits per heavy atom. The summed E-state index contributed by atoms with van der Waals surface area (Å²) in [4.78, 5) is 24.1. The summed E-state index contributed by atoms with van der Waals surface area (Å²) in [6.07, 6.45) is -0.245. The number of hydrogen-bond donors (Lipinski definition) is 2. The summed E-state index contributed by atoms with van der Waals surface area (Å²) in [6, 6.07) is 9.05. The topological polar surface area (TPSA) is 103 Å². The van der Waals surface area contributed by atoms with Gasteiger partial charge in [-0.3, -0.25) is 9.59 Å². The van der Waals surface area contributed by atoms with E-state index in [4.69, 9.17) is 14.0 Å². The SMILES string of the molecule is Cc1cc(NC(=O)[C@@H](C)SCC(=O)NC[C@H]2COc3ccccc3O2)no1. The minimum atomic E-state index is -0.408. The van der Waals surface area contributed by atoms with Crippen molar-refractivity contribution in [1.82, 2.24) is 10.5 Å². The van der Waals surface area contributed by atoms with Crippen LogP contribution in [0.1, 0.15) is 12.7 Å². The zero-order chi connectivity index (χ0) is 19.2. The van der Waals surface area contributed by atoms with Crippen LogP contribution in [0.25, 0.3) is 0 Å². The number of thioether (sulfide) groups is 1. The number of amides is 2. The summed E-state index contributed by atoms with van der Waals surface area (Å²) >= 11 is 1.24. The van der Waals surface area contributed by atoms with Gasteiger partial charge in [0.15, 0.2) is 17.3 Å². The molecule has 0 bridgehead atoms. The average molecular weight is 391 g/mol. The van der Waals surface area contributed by atoms with Crippen molar-refractivity contribution in [3.05, 3.63) is 36.1 Å². The molecule has 144 valence electrons. The first kappa shape index (κ1) is 19.1. The van der Waals surface area contributed by atoms with Gasteiger partial charge in [0, 0.05) is 6.07 Å². The third-order valence-electron chi connectivity index (χ3n) is 3.81. The molecule has 0 saturated heterocycles. The number of ether oxygens (including phenoxy) is 2. The summed E-state index contributed by atoms with van der Waals surface area (Å²) in [6.45, 7) is 4.19. The molecule has 0 spiro atoms. The minimum Gasteiger partial charge on any atom is -0.486 e. The molecule has 1 aromatic heterocycles. The van der Waals surface area contributed by atoms with Gasteiger partial charge in [-0.2, -0.15) is 0 Å². The molecule has 9 heteroatoms. The van der Waals surface area contributed by atoms with E-state index >= 15 is 0 Å². The molecule has 0 saturated carbocycles. The van der Waals surface area contributed by atoms with Crippen molar-refractivity contribution in [3.63, 3.8) is 0 Å². The highest BCUT2D eigenvalue weighted by Gasteiger charge is 2.22. The Morgan fingerprint density at radius 3 is 2.85 bits per heavy atom. The van der Waals surface area contributed by atoms with Gasteiger partial charge in [0.2, 0.25) is 11.8 Å². The third-order valence-corrected chi connectivity index (χ3v) is 4.95. The lowest BCUT2D eigenvalue weighted by Crippen LogP contribution is -2.41. The van der Waals surface area contributed by atoms with Crippen molar-refractivity contribution in [2.24, 2.45) is 0 Å². The van der Waals surface area contributed by atoms with Crippen molar-refractivity contribution >= 4 is 29.4 Å². The number of aromatic nitrogens is 1. The van der Waals surface area contributed by atoms with E-state index in [1.54, 1.807) is 19.9 Å². The number of carbonyl (C=O) groups excluding carboxylic acids is 2. The minimum absolute atomic E-state index is 0.163. The quantitative estimate of drug-likeness (QED) is 0.744. The summed E-state index contributed by atoms with van der Waals surface area (Å²) < 4.78 is 16.3. The highest BCUT2D eigenvalue weighted by molar-refractivity contribution is 8.01. The standard InChI is InChI=1S/C18H21N3O5S/c1-11-7-16(21-26-11)20-18(23)12(2)27-10-17(22)19-8-13-9-24-14-5-3-4-6-15(14)25-13/h3-7,12-13H,8-10H2,1-2H3,(H,19,22)(H,20,21,23)/t12-,13+/m1/s1. The van der Waals surface area contributed by atoms with E-state index in [0.29, 0.717) is 36.2 Å². The zero-order valence-corrected chi connectivity index (χ0v) is 15.9. The van der Waals surface area contributed by atoms with Crippen LogP contribution in [0.15, 0.2) is 34.9 Å². The number of aryl methyl sites for hydroxylation is 1. The van der Waals surface area contributed by atoms with Crippen LogP contribution in [-0.2, 0) is 9.59 Å². The van der Waals surface area contributed by atoms with E-state index in [1.807, 2.05) is 24.3 Å². The number of nitrogens with one attached hydrogen (secondary N) is 2. The normalized spacial score (nSPS) is 16.4. The first-order valence-electron chi connectivity index (χ1n) is 8.52. The Hall–Kier alpha value is -2.68. The van der Waals surface area contributed by atoms with E-state index in [9.17, 15) is 9.59 Å². The number of para-hydroxylation sites is 2. The predicted molar refractivity (Wildman–Crippen MR) is 101 cm³/mol. The van der Waals surface area contributed by atoms with Gasteiger partial charge in [-0.15, -0.1) is 11.8 Å². The van der Waals surface area contributed by atoms with Gasteiger partial charge in [0.1, 0.15) is 18.5 Å². The van der Waals surface area contributed by atoms with Crippen molar-refractivity contribution in [3.8, 4) is 11.5 Å². The molecular weight excluding hydrogens is 370 g/mol. The number of fused-ring (bicyclic) bond motifs is 1. The molecule has 0 fully saturated rings. The molecule has 1 aliphatic heterocycles. The molecule has 2 aromatic rings. The van der Waals surface area contributed by atoms with Crippen LogP contribution in [0.3, 0.4) is 0 Å². The van der Waals surface area contributed by atoms with Gasteiger partial charge >= 0.3 is 0 Å². The molecule has 0 aliphatic carbocycles. The van der Waals surface area contributed by atoms with Gasteiger partial charge in [-0.1, -0.05) is 17.3 Å². The Balaban J connectivity index is 1.36. The van der Waals surface area contributed by atoms with Crippen LogP contribution in [-0.4, -0.2) is 47.2 Å². The van der Waals surface area contributed by atoms with Gasteiger partial charge < -0.3 is 24.6 Å². The second-order valence-electron chi connectivity index (χ2n) is 6.07. The molecule has 27 heavy (non-hydrogen) atoms. The maximum Gasteiger partial charge on any atom is 0.238 e. The van der Waals surface area contributed by atoms with Crippen molar-refractivity contribution in [2.45, 2.75) is 25.2 Å². The number of nitrogens with zero attached hydrogens (tertiary/aromatic N) is 1. The van der Waals surface area contributed by atoms with Crippen LogP contribution < -0.4 is 20.1 Å². The lowest BCUT2D eigenvalue weighted by Gasteiger charge is -2.26. The number of carbonyl (C=O) groups is 2. The number of rotatable bonds is 7. The molecule has 2 atom stereocenters.